The highest BCUT2D eigenvalue weighted by Gasteiger charge is 2.50. The van der Waals surface area contributed by atoms with Crippen LogP contribution in [0.3, 0.4) is 0 Å². The first-order chi connectivity index (χ1) is 16.0. The summed E-state index contributed by atoms with van der Waals surface area (Å²) in [7, 11) is -2.37. The molecule has 6 nitrogen and oxygen atoms in total. The third kappa shape index (κ3) is 4.84. The summed E-state index contributed by atoms with van der Waals surface area (Å²) in [6, 6.07) is 13.2. The Kier molecular flexibility index (Phi) is 7.47. The van der Waals surface area contributed by atoms with Gasteiger partial charge in [-0.15, -0.1) is 0 Å². The Hall–Kier alpha value is -2.28. The van der Waals surface area contributed by atoms with E-state index in [4.69, 9.17) is 4.74 Å². The number of rotatable bonds is 5. The minimum Gasteiger partial charge on any atom is -0.395 e. The van der Waals surface area contributed by atoms with Crippen molar-refractivity contribution < 1.29 is 22.7 Å². The molecule has 0 saturated carbocycles. The summed E-state index contributed by atoms with van der Waals surface area (Å²) in [6.45, 7) is 1.77. The summed E-state index contributed by atoms with van der Waals surface area (Å²) < 4.78 is 47.3. The summed E-state index contributed by atoms with van der Waals surface area (Å²) in [6.07, 6.45) is 1.51. The number of hydrogen-bond donors (Lipinski definition) is 1. The number of fused-ring (bicyclic) bond motifs is 1. The van der Waals surface area contributed by atoms with E-state index in [0.717, 1.165) is 24.1 Å². The second kappa shape index (κ2) is 10.3. The van der Waals surface area contributed by atoms with Gasteiger partial charge in [0.1, 0.15) is 17.3 Å². The van der Waals surface area contributed by atoms with Crippen molar-refractivity contribution in [3.8, 4) is 11.8 Å². The lowest BCUT2D eigenvalue weighted by molar-refractivity contribution is -0.0554. The molecule has 2 aliphatic heterocycles. The Bertz CT molecular complexity index is 1130. The Morgan fingerprint density at radius 1 is 1.12 bits per heavy atom. The molecule has 8 heteroatoms. The van der Waals surface area contributed by atoms with Crippen molar-refractivity contribution in [2.24, 2.45) is 0 Å². The number of aliphatic hydroxyl groups excluding tert-OH is 1. The summed E-state index contributed by atoms with van der Waals surface area (Å²) in [4.78, 5) is 1.91. The van der Waals surface area contributed by atoms with E-state index in [1.165, 1.54) is 28.6 Å². The predicted octanol–water partition coefficient (Wildman–Crippen LogP) is 2.44. The van der Waals surface area contributed by atoms with Gasteiger partial charge in [-0.1, -0.05) is 36.1 Å². The molecule has 0 radical (unpaired) electrons. The van der Waals surface area contributed by atoms with Gasteiger partial charge >= 0.3 is 0 Å². The van der Waals surface area contributed by atoms with Gasteiger partial charge in [0.2, 0.25) is 10.0 Å². The third-order valence-corrected chi connectivity index (χ3v) is 8.43. The lowest BCUT2D eigenvalue weighted by Crippen LogP contribution is -2.67. The first-order valence-corrected chi connectivity index (χ1v) is 12.6. The zero-order valence-electron chi connectivity index (χ0n) is 18.7. The van der Waals surface area contributed by atoms with Gasteiger partial charge in [0.15, 0.2) is 0 Å². The smallest absolute Gasteiger partial charge is 0.246 e. The van der Waals surface area contributed by atoms with Crippen LogP contribution in [0.1, 0.15) is 29.9 Å². The SMILES string of the molecule is COCC#Cc1ccc([C@@H]2[C@H]3CN(S(=O)(=O)c4ccccc4F)CCCCN3[C@H]2CO)cc1. The van der Waals surface area contributed by atoms with Gasteiger partial charge < -0.3 is 9.84 Å². The quantitative estimate of drug-likeness (QED) is 0.677. The highest BCUT2D eigenvalue weighted by atomic mass is 32.2. The van der Waals surface area contributed by atoms with Crippen molar-refractivity contribution in [3.63, 3.8) is 0 Å². The van der Waals surface area contributed by atoms with Gasteiger partial charge in [-0.3, -0.25) is 4.90 Å². The predicted molar refractivity (Wildman–Crippen MR) is 124 cm³/mol. The molecule has 33 heavy (non-hydrogen) atoms. The Balaban J connectivity index is 1.60. The van der Waals surface area contributed by atoms with Gasteiger partial charge in [-0.05, 0) is 49.2 Å². The monoisotopic (exact) mass is 472 g/mol. The summed E-state index contributed by atoms with van der Waals surface area (Å²) in [5.41, 5.74) is 1.91. The van der Waals surface area contributed by atoms with Crippen LogP contribution in [-0.2, 0) is 14.8 Å². The standard InChI is InChI=1S/C25H29FN2O4S/c1-32-16-6-7-19-10-12-20(13-11-19)25-22-17-27(14-4-5-15-28(22)23(25)18-29)33(30,31)24-9-3-2-8-21(24)26/h2-3,8-13,22-23,25,29H,4-5,14-18H2,1H3/t22-,23+,25-/m1/s1. The van der Waals surface area contributed by atoms with E-state index in [1.54, 1.807) is 7.11 Å². The molecule has 2 aliphatic rings. The van der Waals surface area contributed by atoms with Gasteiger partial charge in [-0.25, -0.2) is 12.8 Å². The second-order valence-electron chi connectivity index (χ2n) is 8.44. The molecule has 3 atom stereocenters. The van der Waals surface area contributed by atoms with Crippen LogP contribution in [0.4, 0.5) is 4.39 Å². The summed E-state index contributed by atoms with van der Waals surface area (Å²) >= 11 is 0. The lowest BCUT2D eigenvalue weighted by Gasteiger charge is -2.57. The zero-order valence-corrected chi connectivity index (χ0v) is 19.5. The molecule has 0 unspecified atom stereocenters. The summed E-state index contributed by atoms with van der Waals surface area (Å²) in [5.74, 6) is 5.21. The minimum absolute atomic E-state index is 0.00335. The van der Waals surface area contributed by atoms with E-state index in [9.17, 15) is 17.9 Å². The van der Waals surface area contributed by atoms with E-state index in [0.29, 0.717) is 19.6 Å². The number of hydrogen-bond acceptors (Lipinski definition) is 5. The van der Waals surface area contributed by atoms with Gasteiger partial charge in [-0.2, -0.15) is 4.31 Å². The molecule has 0 spiro atoms. The molecule has 2 fully saturated rings. The topological polar surface area (TPSA) is 70.1 Å². The molecule has 0 amide bonds. The van der Waals surface area contributed by atoms with Crippen LogP contribution in [-0.4, -0.2) is 74.8 Å². The number of aliphatic hydroxyl groups is 1. The minimum atomic E-state index is -3.97. The average molecular weight is 473 g/mol. The molecule has 2 saturated heterocycles. The number of nitrogens with zero attached hydrogens (tertiary/aromatic N) is 2. The molecule has 4 rings (SSSR count). The van der Waals surface area contributed by atoms with E-state index in [1.807, 2.05) is 24.3 Å². The first kappa shape index (κ1) is 23.9. The van der Waals surface area contributed by atoms with E-state index >= 15 is 0 Å². The van der Waals surface area contributed by atoms with Crippen LogP contribution in [0, 0.1) is 17.7 Å². The molecule has 2 aromatic rings. The Morgan fingerprint density at radius 3 is 2.55 bits per heavy atom. The van der Waals surface area contributed by atoms with E-state index < -0.39 is 15.8 Å². The summed E-state index contributed by atoms with van der Waals surface area (Å²) in [5, 5.41) is 10.1. The van der Waals surface area contributed by atoms with Gasteiger partial charge in [0.05, 0.1) is 6.61 Å². The number of sulfonamides is 1. The Morgan fingerprint density at radius 2 is 1.85 bits per heavy atom. The van der Waals surface area contributed by atoms with Crippen molar-refractivity contribution in [2.45, 2.75) is 35.7 Å². The van der Waals surface area contributed by atoms with Gasteiger partial charge in [0.25, 0.3) is 0 Å². The van der Waals surface area contributed by atoms with Crippen LogP contribution in [0.15, 0.2) is 53.4 Å². The van der Waals surface area contributed by atoms with E-state index in [-0.39, 0.29) is 36.0 Å². The van der Waals surface area contributed by atoms with Crippen LogP contribution in [0.25, 0.3) is 0 Å². The maximum Gasteiger partial charge on any atom is 0.246 e. The number of ether oxygens (including phenoxy) is 1. The largest absolute Gasteiger partial charge is 0.395 e. The van der Waals surface area contributed by atoms with Gasteiger partial charge in [0, 0.05) is 43.8 Å². The molecule has 0 aromatic heterocycles. The highest BCUT2D eigenvalue weighted by molar-refractivity contribution is 7.89. The number of benzene rings is 2. The Labute approximate surface area is 195 Å². The van der Waals surface area contributed by atoms with Crippen molar-refractivity contribution in [3.05, 3.63) is 65.5 Å². The fraction of sp³-hybridized carbons (Fsp3) is 0.440. The fourth-order valence-corrected chi connectivity index (χ4v) is 6.48. The maximum atomic E-state index is 14.3. The molecule has 0 aliphatic carbocycles. The number of methoxy groups -OCH3 is 1. The molecule has 2 heterocycles. The number of halogens is 1. The zero-order chi connectivity index (χ0) is 23.4. The molecule has 1 N–H and O–H groups in total. The van der Waals surface area contributed by atoms with E-state index in [2.05, 4.69) is 16.7 Å². The molecule has 0 bridgehead atoms. The molecular weight excluding hydrogens is 443 g/mol. The van der Waals surface area contributed by atoms with Crippen LogP contribution in [0.5, 0.6) is 0 Å². The average Bonchev–Trinajstić information content (AvgIpc) is 2.79. The molecular formula is C25H29FN2O4S. The normalized spacial score (nSPS) is 24.0. The molecule has 2 aromatic carbocycles. The lowest BCUT2D eigenvalue weighted by atomic mass is 9.74. The first-order valence-electron chi connectivity index (χ1n) is 11.2. The van der Waals surface area contributed by atoms with Crippen molar-refractivity contribution in [2.75, 3.05) is 40.0 Å². The van der Waals surface area contributed by atoms with Crippen LogP contribution in [0.2, 0.25) is 0 Å². The maximum absolute atomic E-state index is 14.3. The third-order valence-electron chi connectivity index (χ3n) is 6.53. The second-order valence-corrected chi connectivity index (χ2v) is 10.3. The van der Waals surface area contributed by atoms with Crippen molar-refractivity contribution in [1.29, 1.82) is 0 Å². The fourth-order valence-electron chi connectivity index (χ4n) is 4.92. The van der Waals surface area contributed by atoms with Crippen LogP contribution >= 0.6 is 0 Å². The van der Waals surface area contributed by atoms with Crippen molar-refractivity contribution >= 4 is 10.0 Å². The van der Waals surface area contributed by atoms with Crippen LogP contribution < -0.4 is 0 Å². The van der Waals surface area contributed by atoms with Crippen molar-refractivity contribution in [1.82, 2.24) is 9.21 Å². The molecule has 176 valence electrons. The highest BCUT2D eigenvalue weighted by Crippen LogP contribution is 2.42.